The molecule has 0 saturated carbocycles. The van der Waals surface area contributed by atoms with Crippen LogP contribution in [0.3, 0.4) is 0 Å². The van der Waals surface area contributed by atoms with E-state index in [-0.39, 0.29) is 0 Å². The first-order chi connectivity index (χ1) is 10.1. The minimum absolute atomic E-state index is 0.473. The van der Waals surface area contributed by atoms with Gasteiger partial charge in [-0.05, 0) is 60.9 Å². The number of benzene rings is 1. The van der Waals surface area contributed by atoms with Gasteiger partial charge >= 0.3 is 5.97 Å². The summed E-state index contributed by atoms with van der Waals surface area (Å²) < 4.78 is 0. The van der Waals surface area contributed by atoms with E-state index in [4.69, 9.17) is 5.73 Å². The van der Waals surface area contributed by atoms with Crippen LogP contribution in [0.25, 0.3) is 10.4 Å². The minimum Gasteiger partial charge on any atom is -0.478 e. The molecule has 0 atom stereocenters. The Balaban J connectivity index is 2.22. The molecule has 3 N–H and O–H groups in total. The summed E-state index contributed by atoms with van der Waals surface area (Å²) in [6.45, 7) is 2.50. The molecule has 0 spiro atoms. The largest absolute Gasteiger partial charge is 0.478 e. The molecule has 1 heterocycles. The molecule has 3 nitrogen and oxygen atoms in total. The number of carboxylic acids is 1. The maximum Gasteiger partial charge on any atom is 0.337 e. The Hall–Kier alpha value is -1.65. The zero-order valence-corrected chi connectivity index (χ0v) is 12.9. The zero-order chi connectivity index (χ0) is 15.0. The van der Waals surface area contributed by atoms with Crippen molar-refractivity contribution in [1.29, 1.82) is 0 Å². The van der Waals surface area contributed by atoms with Gasteiger partial charge in [0.1, 0.15) is 0 Å². The van der Waals surface area contributed by atoms with Crippen molar-refractivity contribution >= 4 is 17.3 Å². The number of fused-ring (bicyclic) bond motifs is 1. The van der Waals surface area contributed by atoms with E-state index < -0.39 is 5.97 Å². The molecule has 1 aromatic heterocycles. The second-order valence-corrected chi connectivity index (χ2v) is 6.68. The molecule has 110 valence electrons. The highest BCUT2D eigenvalue weighted by atomic mass is 32.1. The predicted octanol–water partition coefficient (Wildman–Crippen LogP) is 3.76. The first-order valence-electron chi connectivity index (χ1n) is 7.29. The highest BCUT2D eigenvalue weighted by Crippen LogP contribution is 2.41. The third-order valence-corrected chi connectivity index (χ3v) is 5.49. The molecular formula is C17H19NO2S. The molecule has 1 aliphatic rings. The molecule has 3 rings (SSSR count). The monoisotopic (exact) mass is 301 g/mol. The van der Waals surface area contributed by atoms with Crippen molar-refractivity contribution in [3.8, 4) is 10.4 Å². The van der Waals surface area contributed by atoms with E-state index >= 15 is 0 Å². The third-order valence-electron chi connectivity index (χ3n) is 4.17. The molecule has 1 aromatic carbocycles. The van der Waals surface area contributed by atoms with Crippen molar-refractivity contribution in [1.82, 2.24) is 0 Å². The lowest BCUT2D eigenvalue weighted by Gasteiger charge is -2.11. The van der Waals surface area contributed by atoms with Crippen LogP contribution in [0.4, 0.5) is 0 Å². The molecule has 0 amide bonds. The molecule has 21 heavy (non-hydrogen) atoms. The average molecular weight is 301 g/mol. The first-order valence-corrected chi connectivity index (χ1v) is 8.11. The first kappa shape index (κ1) is 14.3. The van der Waals surface area contributed by atoms with E-state index in [1.807, 2.05) is 25.1 Å². The Morgan fingerprint density at radius 3 is 2.81 bits per heavy atom. The number of hydrogen-bond donors (Lipinski definition) is 2. The molecule has 0 unspecified atom stereocenters. The number of rotatable bonds is 3. The van der Waals surface area contributed by atoms with Crippen molar-refractivity contribution in [3.63, 3.8) is 0 Å². The van der Waals surface area contributed by atoms with Gasteiger partial charge in [0.05, 0.1) is 5.56 Å². The third kappa shape index (κ3) is 2.49. The Morgan fingerprint density at radius 1 is 1.33 bits per heavy atom. The van der Waals surface area contributed by atoms with Gasteiger partial charge < -0.3 is 10.8 Å². The van der Waals surface area contributed by atoms with E-state index in [9.17, 15) is 9.90 Å². The van der Waals surface area contributed by atoms with Crippen molar-refractivity contribution < 1.29 is 9.90 Å². The lowest BCUT2D eigenvalue weighted by molar-refractivity contribution is 0.0697. The number of aromatic carboxylic acids is 1. The number of hydrogen-bond acceptors (Lipinski definition) is 3. The summed E-state index contributed by atoms with van der Waals surface area (Å²) in [6, 6.07) is 6.08. The number of carboxylic acid groups (broad SMARTS) is 1. The van der Waals surface area contributed by atoms with Crippen molar-refractivity contribution in [3.05, 3.63) is 45.3 Å². The topological polar surface area (TPSA) is 63.3 Å². The van der Waals surface area contributed by atoms with Gasteiger partial charge in [-0.15, -0.1) is 11.3 Å². The van der Waals surface area contributed by atoms with Gasteiger partial charge in [0.15, 0.2) is 0 Å². The highest BCUT2D eigenvalue weighted by molar-refractivity contribution is 7.16. The molecule has 4 heteroatoms. The van der Waals surface area contributed by atoms with Gasteiger partial charge in [-0.1, -0.05) is 12.1 Å². The summed E-state index contributed by atoms with van der Waals surface area (Å²) in [5.74, 6) is -0.804. The molecule has 2 aromatic rings. The lowest BCUT2D eigenvalue weighted by Crippen LogP contribution is -2.06. The molecule has 0 radical (unpaired) electrons. The summed E-state index contributed by atoms with van der Waals surface area (Å²) in [6.07, 6.45) is 4.15. The summed E-state index contributed by atoms with van der Waals surface area (Å²) >= 11 is 1.66. The van der Waals surface area contributed by atoms with Crippen LogP contribution in [-0.4, -0.2) is 11.1 Å². The summed E-state index contributed by atoms with van der Waals surface area (Å²) in [5.41, 5.74) is 10.5. The van der Waals surface area contributed by atoms with E-state index in [2.05, 4.69) is 0 Å². The second kappa shape index (κ2) is 5.62. The van der Waals surface area contributed by atoms with Gasteiger partial charge in [-0.25, -0.2) is 4.79 Å². The van der Waals surface area contributed by atoms with E-state index in [1.165, 1.54) is 4.88 Å². The summed E-state index contributed by atoms with van der Waals surface area (Å²) in [4.78, 5) is 13.9. The van der Waals surface area contributed by atoms with Crippen molar-refractivity contribution in [2.75, 3.05) is 0 Å². The SMILES string of the molecule is Cc1ccc(CN)cc1-c1sc2c(c1C(=O)O)CCCC2. The molecular weight excluding hydrogens is 282 g/mol. The normalized spacial score (nSPS) is 14.0. The maximum atomic E-state index is 11.8. The Bertz CT molecular complexity index is 703. The quantitative estimate of drug-likeness (QED) is 0.907. The van der Waals surface area contributed by atoms with Crippen LogP contribution >= 0.6 is 11.3 Å². The van der Waals surface area contributed by atoms with Gasteiger partial charge in [-0.3, -0.25) is 0 Å². The van der Waals surface area contributed by atoms with Crippen molar-refractivity contribution in [2.24, 2.45) is 5.73 Å². The maximum absolute atomic E-state index is 11.8. The predicted molar refractivity (Wildman–Crippen MR) is 86.0 cm³/mol. The fourth-order valence-corrected chi connectivity index (χ4v) is 4.49. The number of thiophene rings is 1. The molecule has 0 fully saturated rings. The molecule has 1 aliphatic carbocycles. The van der Waals surface area contributed by atoms with Crippen LogP contribution in [0.5, 0.6) is 0 Å². The van der Waals surface area contributed by atoms with Gasteiger partial charge in [0.25, 0.3) is 0 Å². The minimum atomic E-state index is -0.804. The zero-order valence-electron chi connectivity index (χ0n) is 12.1. The average Bonchev–Trinajstić information content (AvgIpc) is 2.87. The summed E-state index contributed by atoms with van der Waals surface area (Å²) in [7, 11) is 0. The highest BCUT2D eigenvalue weighted by Gasteiger charge is 2.26. The van der Waals surface area contributed by atoms with Crippen molar-refractivity contribution in [2.45, 2.75) is 39.2 Å². The van der Waals surface area contributed by atoms with Crippen LogP contribution < -0.4 is 5.73 Å². The smallest absolute Gasteiger partial charge is 0.337 e. The van der Waals surface area contributed by atoms with Crippen LogP contribution in [-0.2, 0) is 19.4 Å². The lowest BCUT2D eigenvalue weighted by atomic mass is 9.92. The van der Waals surface area contributed by atoms with E-state index in [0.717, 1.165) is 52.8 Å². The van der Waals surface area contributed by atoms with Gasteiger partial charge in [-0.2, -0.15) is 0 Å². The summed E-state index contributed by atoms with van der Waals surface area (Å²) in [5, 5.41) is 9.67. The van der Waals surface area contributed by atoms with E-state index in [1.54, 1.807) is 11.3 Å². The number of aryl methyl sites for hydroxylation is 2. The molecule has 0 aliphatic heterocycles. The Morgan fingerprint density at radius 2 is 2.10 bits per heavy atom. The van der Waals surface area contributed by atoms with Crippen LogP contribution in [0.1, 0.15) is 44.8 Å². The van der Waals surface area contributed by atoms with Crippen LogP contribution in [0.2, 0.25) is 0 Å². The Kier molecular flexibility index (Phi) is 3.83. The fraction of sp³-hybridized carbons (Fsp3) is 0.353. The fourth-order valence-electron chi connectivity index (χ4n) is 3.02. The van der Waals surface area contributed by atoms with Gasteiger partial charge in [0, 0.05) is 16.3 Å². The number of nitrogens with two attached hydrogens (primary N) is 1. The van der Waals surface area contributed by atoms with Crippen LogP contribution in [0.15, 0.2) is 18.2 Å². The number of carbonyl (C=O) groups is 1. The molecule has 0 saturated heterocycles. The van der Waals surface area contributed by atoms with Crippen LogP contribution in [0, 0.1) is 6.92 Å². The van der Waals surface area contributed by atoms with Gasteiger partial charge in [0.2, 0.25) is 0 Å². The second-order valence-electron chi connectivity index (χ2n) is 5.57. The van der Waals surface area contributed by atoms with E-state index in [0.29, 0.717) is 12.1 Å². The Labute approximate surface area is 128 Å². The standard InChI is InChI=1S/C17H19NO2S/c1-10-6-7-11(9-18)8-13(10)16-15(17(19)20)12-4-2-3-5-14(12)21-16/h6-8H,2-5,9,18H2,1H3,(H,19,20). The molecule has 0 bridgehead atoms.